The maximum atomic E-state index is 9.10. The lowest BCUT2D eigenvalue weighted by molar-refractivity contribution is 0.190. The van der Waals surface area contributed by atoms with Gasteiger partial charge in [0, 0.05) is 12.3 Å². The molecule has 0 heterocycles. The van der Waals surface area contributed by atoms with Crippen molar-refractivity contribution in [3.63, 3.8) is 0 Å². The first-order valence-corrected chi connectivity index (χ1v) is 8.23. The number of hydrogen-bond donors (Lipinski definition) is 1. The number of hydrogen-bond acceptors (Lipinski definition) is 1. The highest BCUT2D eigenvalue weighted by molar-refractivity contribution is 6.83. The molecular weight excluding hydrogens is 188 g/mol. The summed E-state index contributed by atoms with van der Waals surface area (Å²) in [5, 5.41) is 9.10. The van der Waals surface area contributed by atoms with E-state index in [0.717, 1.165) is 6.42 Å². The van der Waals surface area contributed by atoms with E-state index in [9.17, 15) is 0 Å². The molecule has 1 N–H and O–H groups in total. The smallest absolute Gasteiger partial charge is 0.129 e. The van der Waals surface area contributed by atoms with Crippen molar-refractivity contribution < 1.29 is 5.11 Å². The quantitative estimate of drug-likeness (QED) is 0.425. The van der Waals surface area contributed by atoms with Crippen LogP contribution in [0.4, 0.5) is 0 Å². The van der Waals surface area contributed by atoms with Gasteiger partial charge in [-0.1, -0.05) is 19.6 Å². The van der Waals surface area contributed by atoms with Gasteiger partial charge in [0.2, 0.25) is 0 Å². The van der Waals surface area contributed by atoms with E-state index < -0.39 is 8.07 Å². The Kier molecular flexibility index (Phi) is 5.65. The molecule has 3 heteroatoms. The summed E-state index contributed by atoms with van der Waals surface area (Å²) in [5.74, 6) is 3.40. The highest BCUT2D eigenvalue weighted by Crippen LogP contribution is 2.00. The Hall–Kier alpha value is 0.0269. The Labute approximate surface area is 81.1 Å². The van der Waals surface area contributed by atoms with Crippen LogP contribution in [-0.4, -0.2) is 25.2 Å². The number of halogens is 1. The van der Waals surface area contributed by atoms with E-state index in [0.29, 0.717) is 12.3 Å². The Morgan fingerprint density at radius 3 is 2.42 bits per heavy atom. The molecule has 0 saturated carbocycles. The van der Waals surface area contributed by atoms with Crippen molar-refractivity contribution in [1.29, 1.82) is 0 Å². The predicted octanol–water partition coefficient (Wildman–Crippen LogP) is 2.25. The van der Waals surface area contributed by atoms with Crippen LogP contribution in [0.3, 0.4) is 0 Å². The Morgan fingerprint density at radius 1 is 1.42 bits per heavy atom. The van der Waals surface area contributed by atoms with Gasteiger partial charge in [-0.05, 0) is 6.42 Å². The van der Waals surface area contributed by atoms with Crippen LogP contribution in [0.1, 0.15) is 12.8 Å². The molecular formula is C9H17ClOSi. The maximum absolute atomic E-state index is 9.10. The zero-order valence-corrected chi connectivity index (χ0v) is 9.78. The minimum absolute atomic E-state index is 0.314. The minimum Gasteiger partial charge on any atom is -0.392 e. The van der Waals surface area contributed by atoms with E-state index >= 15 is 0 Å². The fraction of sp³-hybridized carbons (Fsp3) is 0.778. The van der Waals surface area contributed by atoms with Crippen molar-refractivity contribution in [3.8, 4) is 11.5 Å². The largest absolute Gasteiger partial charge is 0.392 e. The van der Waals surface area contributed by atoms with E-state index in [4.69, 9.17) is 16.7 Å². The maximum Gasteiger partial charge on any atom is 0.129 e. The van der Waals surface area contributed by atoms with Crippen LogP contribution in [-0.2, 0) is 0 Å². The molecule has 0 amide bonds. The molecule has 12 heavy (non-hydrogen) atoms. The molecule has 0 saturated heterocycles. The topological polar surface area (TPSA) is 20.2 Å². The van der Waals surface area contributed by atoms with Crippen LogP contribution >= 0.6 is 11.6 Å². The van der Waals surface area contributed by atoms with Crippen LogP contribution < -0.4 is 0 Å². The van der Waals surface area contributed by atoms with Gasteiger partial charge in [-0.25, -0.2) is 0 Å². The van der Waals surface area contributed by atoms with Gasteiger partial charge >= 0.3 is 0 Å². The molecule has 0 aromatic heterocycles. The van der Waals surface area contributed by atoms with Crippen molar-refractivity contribution in [2.75, 3.05) is 5.88 Å². The van der Waals surface area contributed by atoms with Gasteiger partial charge in [-0.15, -0.1) is 23.1 Å². The molecule has 0 radical (unpaired) electrons. The molecule has 0 rings (SSSR count). The van der Waals surface area contributed by atoms with Crippen molar-refractivity contribution in [2.24, 2.45) is 0 Å². The van der Waals surface area contributed by atoms with E-state index in [1.54, 1.807) is 0 Å². The zero-order chi connectivity index (χ0) is 9.61. The van der Waals surface area contributed by atoms with Crippen LogP contribution in [0.5, 0.6) is 0 Å². The fourth-order valence-electron chi connectivity index (χ4n) is 0.644. The predicted molar refractivity (Wildman–Crippen MR) is 57.1 cm³/mol. The second-order valence-electron chi connectivity index (χ2n) is 3.90. The molecule has 0 aromatic carbocycles. The number of rotatable bonds is 3. The van der Waals surface area contributed by atoms with Crippen LogP contribution in [0.2, 0.25) is 19.6 Å². The summed E-state index contributed by atoms with van der Waals surface area (Å²) >= 11 is 5.43. The minimum atomic E-state index is -1.22. The summed E-state index contributed by atoms with van der Waals surface area (Å²) in [5.41, 5.74) is 3.24. The van der Waals surface area contributed by atoms with E-state index in [1.807, 2.05) is 0 Å². The lowest BCUT2D eigenvalue weighted by Crippen LogP contribution is -2.16. The third-order valence-electron chi connectivity index (χ3n) is 1.24. The first-order chi connectivity index (χ1) is 5.45. The van der Waals surface area contributed by atoms with Crippen molar-refractivity contribution in [1.82, 2.24) is 0 Å². The lowest BCUT2D eigenvalue weighted by Gasteiger charge is -2.04. The number of aliphatic hydroxyl groups excluding tert-OH is 1. The molecule has 0 bridgehead atoms. The van der Waals surface area contributed by atoms with E-state index in [1.165, 1.54) is 0 Å². The highest BCUT2D eigenvalue weighted by Gasteiger charge is 2.07. The summed E-state index contributed by atoms with van der Waals surface area (Å²) in [7, 11) is -1.22. The van der Waals surface area contributed by atoms with Crippen molar-refractivity contribution in [3.05, 3.63) is 0 Å². The molecule has 70 valence electrons. The fourth-order valence-corrected chi connectivity index (χ4v) is 1.45. The second kappa shape index (κ2) is 5.63. The van der Waals surface area contributed by atoms with Crippen molar-refractivity contribution in [2.45, 2.75) is 38.6 Å². The average molecular weight is 205 g/mol. The van der Waals surface area contributed by atoms with Gasteiger partial charge in [0.15, 0.2) is 0 Å². The standard InChI is InChI=1S/C9H17ClOSi/c1-12(2,3)7-5-4-6-9(11)8-10/h9,11H,4,6,8H2,1-3H3. The summed E-state index contributed by atoms with van der Waals surface area (Å²) in [6.07, 6.45) is 1.07. The molecule has 0 fully saturated rings. The van der Waals surface area contributed by atoms with Gasteiger partial charge in [-0.3, -0.25) is 0 Å². The summed E-state index contributed by atoms with van der Waals surface area (Å²) in [6.45, 7) is 6.62. The second-order valence-corrected chi connectivity index (χ2v) is 8.96. The van der Waals surface area contributed by atoms with Gasteiger partial charge < -0.3 is 5.11 Å². The van der Waals surface area contributed by atoms with E-state index in [-0.39, 0.29) is 6.10 Å². The summed E-state index contributed by atoms with van der Waals surface area (Å²) in [4.78, 5) is 0. The third-order valence-corrected chi connectivity index (χ3v) is 2.53. The van der Waals surface area contributed by atoms with Crippen molar-refractivity contribution >= 4 is 19.7 Å². The SMILES string of the molecule is C[Si](C)(C)C#CCCC(O)CCl. The molecule has 0 aliphatic heterocycles. The first kappa shape index (κ1) is 12.0. The van der Waals surface area contributed by atoms with Crippen LogP contribution in [0.15, 0.2) is 0 Å². The van der Waals surface area contributed by atoms with Gasteiger partial charge in [0.25, 0.3) is 0 Å². The molecule has 0 spiro atoms. The average Bonchev–Trinajstić information content (AvgIpc) is 1.96. The number of alkyl halides is 1. The normalized spacial score (nSPS) is 13.4. The summed E-state index contributed by atoms with van der Waals surface area (Å²) < 4.78 is 0. The Balaban J connectivity index is 3.60. The molecule has 0 aromatic rings. The third kappa shape index (κ3) is 8.13. The lowest BCUT2D eigenvalue weighted by atomic mass is 10.2. The summed E-state index contributed by atoms with van der Waals surface area (Å²) in [6, 6.07) is 0. The van der Waals surface area contributed by atoms with Gasteiger partial charge in [-0.2, -0.15) is 0 Å². The van der Waals surface area contributed by atoms with Crippen LogP contribution in [0.25, 0.3) is 0 Å². The molecule has 1 unspecified atom stereocenters. The van der Waals surface area contributed by atoms with Gasteiger partial charge in [0.1, 0.15) is 8.07 Å². The molecule has 1 atom stereocenters. The Bertz CT molecular complexity index is 175. The highest BCUT2D eigenvalue weighted by atomic mass is 35.5. The molecule has 0 aliphatic carbocycles. The first-order valence-electron chi connectivity index (χ1n) is 4.20. The number of aliphatic hydroxyl groups is 1. The van der Waals surface area contributed by atoms with Gasteiger partial charge in [0.05, 0.1) is 6.10 Å². The van der Waals surface area contributed by atoms with Crippen LogP contribution in [0, 0.1) is 11.5 Å². The van der Waals surface area contributed by atoms with E-state index in [2.05, 4.69) is 31.1 Å². The monoisotopic (exact) mass is 204 g/mol. The molecule has 1 nitrogen and oxygen atoms in total. The zero-order valence-electron chi connectivity index (χ0n) is 8.02. The Morgan fingerprint density at radius 2 is 2.00 bits per heavy atom. The molecule has 0 aliphatic rings.